The highest BCUT2D eigenvalue weighted by atomic mass is 32.2. The molecule has 0 spiro atoms. The molecular formula is C22H28N6O3S. The number of sulfonamides is 1. The Bertz CT molecular complexity index is 1180. The highest BCUT2D eigenvalue weighted by molar-refractivity contribution is 7.89. The average Bonchev–Trinajstić information content (AvgIpc) is 3.19. The Kier molecular flexibility index (Phi) is 6.75. The van der Waals surface area contributed by atoms with Crippen LogP contribution in [0.5, 0.6) is 0 Å². The molecule has 32 heavy (non-hydrogen) atoms. The first kappa shape index (κ1) is 23.6. The number of benzene rings is 1. The van der Waals surface area contributed by atoms with Gasteiger partial charge < -0.3 is 5.32 Å². The quantitative estimate of drug-likeness (QED) is 0.584. The van der Waals surface area contributed by atoms with E-state index < -0.39 is 15.9 Å². The predicted octanol–water partition coefficient (Wildman–Crippen LogP) is 3.24. The van der Waals surface area contributed by atoms with Crippen LogP contribution in [0.1, 0.15) is 50.7 Å². The van der Waals surface area contributed by atoms with Crippen molar-refractivity contribution >= 4 is 21.7 Å². The van der Waals surface area contributed by atoms with Gasteiger partial charge in [0.05, 0.1) is 10.6 Å². The molecule has 9 nitrogen and oxygen atoms in total. The second kappa shape index (κ2) is 9.17. The van der Waals surface area contributed by atoms with Gasteiger partial charge in [0.25, 0.3) is 11.9 Å². The van der Waals surface area contributed by atoms with Crippen LogP contribution in [-0.2, 0) is 15.4 Å². The molecule has 2 aromatic heterocycles. The Balaban J connectivity index is 1.90. The first-order valence-electron chi connectivity index (χ1n) is 10.4. The van der Waals surface area contributed by atoms with Crippen LogP contribution in [0.15, 0.2) is 53.7 Å². The number of carbonyl (C=O) groups excluding carboxylic acids is 1. The predicted molar refractivity (Wildman–Crippen MR) is 122 cm³/mol. The van der Waals surface area contributed by atoms with Gasteiger partial charge in [0.2, 0.25) is 10.0 Å². The van der Waals surface area contributed by atoms with Crippen molar-refractivity contribution in [3.05, 3.63) is 60.0 Å². The van der Waals surface area contributed by atoms with Gasteiger partial charge in [0.1, 0.15) is 5.82 Å². The first-order valence-corrected chi connectivity index (χ1v) is 11.8. The van der Waals surface area contributed by atoms with Crippen LogP contribution in [-0.4, -0.2) is 51.5 Å². The van der Waals surface area contributed by atoms with E-state index in [1.165, 1.54) is 33.3 Å². The summed E-state index contributed by atoms with van der Waals surface area (Å²) in [6.45, 7) is 10.4. The van der Waals surface area contributed by atoms with Crippen LogP contribution < -0.4 is 5.32 Å². The highest BCUT2D eigenvalue weighted by Gasteiger charge is 2.24. The Morgan fingerprint density at radius 3 is 2.19 bits per heavy atom. The summed E-state index contributed by atoms with van der Waals surface area (Å²) in [4.78, 5) is 21.5. The summed E-state index contributed by atoms with van der Waals surface area (Å²) >= 11 is 0. The van der Waals surface area contributed by atoms with Gasteiger partial charge in [0, 0.05) is 42.5 Å². The van der Waals surface area contributed by atoms with Crippen molar-refractivity contribution in [2.24, 2.45) is 0 Å². The normalized spacial score (nSPS) is 12.2. The van der Waals surface area contributed by atoms with Crippen molar-refractivity contribution in [1.82, 2.24) is 24.1 Å². The van der Waals surface area contributed by atoms with Gasteiger partial charge >= 0.3 is 0 Å². The molecule has 10 heteroatoms. The number of aromatic nitrogens is 4. The molecule has 0 saturated heterocycles. The lowest BCUT2D eigenvalue weighted by Crippen LogP contribution is -2.30. The summed E-state index contributed by atoms with van der Waals surface area (Å²) in [6, 6.07) is 9.37. The third-order valence-corrected chi connectivity index (χ3v) is 6.98. The van der Waals surface area contributed by atoms with Crippen molar-refractivity contribution < 1.29 is 13.2 Å². The highest BCUT2D eigenvalue weighted by Crippen LogP contribution is 2.26. The van der Waals surface area contributed by atoms with Crippen LogP contribution in [0.2, 0.25) is 0 Å². The minimum absolute atomic E-state index is 0.149. The smallest absolute Gasteiger partial charge is 0.256 e. The minimum atomic E-state index is -3.59. The molecule has 3 aromatic rings. The zero-order valence-corrected chi connectivity index (χ0v) is 19.7. The van der Waals surface area contributed by atoms with Gasteiger partial charge in [-0.15, -0.1) is 0 Å². The molecule has 0 unspecified atom stereocenters. The van der Waals surface area contributed by atoms with E-state index >= 15 is 0 Å². The van der Waals surface area contributed by atoms with Crippen LogP contribution in [0.25, 0.3) is 5.95 Å². The molecule has 0 saturated carbocycles. The standard InChI is InChI=1S/C22H28N6O3S/c1-6-27(7-2)32(30,31)17-11-9-16(10-12-17)20(29)25-19-15-18(22(3,4)5)26-28(19)21-23-13-8-14-24-21/h8-15H,6-7H2,1-5H3,(H,25,29). The molecule has 0 aliphatic carbocycles. The number of hydrogen-bond acceptors (Lipinski definition) is 6. The number of amides is 1. The number of carbonyl (C=O) groups is 1. The summed E-state index contributed by atoms with van der Waals surface area (Å²) in [5, 5.41) is 7.42. The number of anilines is 1. The van der Waals surface area contributed by atoms with Crippen LogP contribution >= 0.6 is 0 Å². The average molecular weight is 457 g/mol. The second-order valence-electron chi connectivity index (χ2n) is 8.19. The molecule has 2 heterocycles. The van der Waals surface area contributed by atoms with Gasteiger partial charge in [0.15, 0.2) is 0 Å². The number of nitrogens with zero attached hydrogens (tertiary/aromatic N) is 5. The molecule has 0 bridgehead atoms. The maximum atomic E-state index is 12.9. The molecule has 0 aliphatic rings. The van der Waals surface area contributed by atoms with Crippen molar-refractivity contribution in [2.75, 3.05) is 18.4 Å². The maximum Gasteiger partial charge on any atom is 0.256 e. The molecule has 1 amide bonds. The SMILES string of the molecule is CCN(CC)S(=O)(=O)c1ccc(C(=O)Nc2cc(C(C)(C)C)nn2-c2ncccn2)cc1. The summed E-state index contributed by atoms with van der Waals surface area (Å²) in [5.74, 6) is 0.360. The first-order chi connectivity index (χ1) is 15.1. The van der Waals surface area contributed by atoms with E-state index in [-0.39, 0.29) is 10.3 Å². The van der Waals surface area contributed by atoms with Gasteiger partial charge in [-0.05, 0) is 30.3 Å². The summed E-state index contributed by atoms with van der Waals surface area (Å²) in [6.07, 6.45) is 3.20. The van der Waals surface area contributed by atoms with Crippen LogP contribution in [0, 0.1) is 0 Å². The molecule has 0 radical (unpaired) electrons. The molecule has 0 aliphatic heterocycles. The third kappa shape index (κ3) is 4.86. The van der Waals surface area contributed by atoms with Crippen molar-refractivity contribution in [1.29, 1.82) is 0 Å². The largest absolute Gasteiger partial charge is 0.306 e. The van der Waals surface area contributed by atoms with E-state index in [0.717, 1.165) is 5.69 Å². The molecule has 0 atom stereocenters. The van der Waals surface area contributed by atoms with E-state index in [1.807, 2.05) is 20.8 Å². The fourth-order valence-electron chi connectivity index (χ4n) is 3.07. The van der Waals surface area contributed by atoms with Crippen molar-refractivity contribution in [2.45, 2.75) is 44.9 Å². The van der Waals surface area contributed by atoms with Crippen LogP contribution in [0.4, 0.5) is 5.82 Å². The fraction of sp³-hybridized carbons (Fsp3) is 0.364. The number of rotatable bonds is 7. The third-order valence-electron chi connectivity index (χ3n) is 4.92. The Hall–Kier alpha value is -3.11. The fourth-order valence-corrected chi connectivity index (χ4v) is 4.53. The molecular weight excluding hydrogens is 428 g/mol. The molecule has 170 valence electrons. The van der Waals surface area contributed by atoms with Gasteiger partial charge in [-0.3, -0.25) is 4.79 Å². The monoisotopic (exact) mass is 456 g/mol. The lowest BCUT2D eigenvalue weighted by atomic mass is 9.92. The zero-order chi connectivity index (χ0) is 23.5. The molecule has 1 N–H and O–H groups in total. The lowest BCUT2D eigenvalue weighted by molar-refractivity contribution is 0.102. The van der Waals surface area contributed by atoms with Gasteiger partial charge in [-0.25, -0.2) is 18.4 Å². The second-order valence-corrected chi connectivity index (χ2v) is 10.1. The lowest BCUT2D eigenvalue weighted by Gasteiger charge is -2.18. The zero-order valence-electron chi connectivity index (χ0n) is 18.9. The van der Waals surface area contributed by atoms with E-state index in [0.29, 0.717) is 30.4 Å². The molecule has 1 aromatic carbocycles. The summed E-state index contributed by atoms with van der Waals surface area (Å²) < 4.78 is 28.2. The van der Waals surface area contributed by atoms with E-state index in [2.05, 4.69) is 20.4 Å². The Morgan fingerprint density at radius 1 is 1.06 bits per heavy atom. The summed E-state index contributed by atoms with van der Waals surface area (Å²) in [5.41, 5.74) is 0.836. The molecule has 0 fully saturated rings. The molecule has 3 rings (SSSR count). The Labute approximate surface area is 188 Å². The number of nitrogens with one attached hydrogen (secondary N) is 1. The maximum absolute atomic E-state index is 12.9. The van der Waals surface area contributed by atoms with E-state index in [1.54, 1.807) is 38.4 Å². The topological polar surface area (TPSA) is 110 Å². The Morgan fingerprint density at radius 2 is 1.66 bits per heavy atom. The van der Waals surface area contributed by atoms with E-state index in [9.17, 15) is 13.2 Å². The van der Waals surface area contributed by atoms with Crippen molar-refractivity contribution in [3.8, 4) is 5.95 Å². The van der Waals surface area contributed by atoms with Crippen LogP contribution in [0.3, 0.4) is 0 Å². The summed E-state index contributed by atoms with van der Waals surface area (Å²) in [7, 11) is -3.59. The van der Waals surface area contributed by atoms with Gasteiger partial charge in [-0.1, -0.05) is 34.6 Å². The minimum Gasteiger partial charge on any atom is -0.306 e. The van der Waals surface area contributed by atoms with E-state index in [4.69, 9.17) is 0 Å². The van der Waals surface area contributed by atoms with Crippen molar-refractivity contribution in [3.63, 3.8) is 0 Å². The van der Waals surface area contributed by atoms with Gasteiger partial charge in [-0.2, -0.15) is 14.1 Å². The number of hydrogen-bond donors (Lipinski definition) is 1.